The minimum atomic E-state index is -0.275. The van der Waals surface area contributed by atoms with Gasteiger partial charge in [0.05, 0.1) is 0 Å². The number of carbonyl (C=O) groups is 1. The molecule has 0 atom stereocenters. The van der Waals surface area contributed by atoms with Crippen LogP contribution in [0.1, 0.15) is 62.4 Å². The van der Waals surface area contributed by atoms with Crippen molar-refractivity contribution in [2.75, 3.05) is 13.1 Å². The van der Waals surface area contributed by atoms with Gasteiger partial charge in [0.25, 0.3) is 11.5 Å². The second kappa shape index (κ2) is 8.61. The summed E-state index contributed by atoms with van der Waals surface area (Å²) < 4.78 is 1.23. The highest BCUT2D eigenvalue weighted by Gasteiger charge is 2.23. The van der Waals surface area contributed by atoms with E-state index in [1.165, 1.54) is 10.6 Å². The van der Waals surface area contributed by atoms with Crippen molar-refractivity contribution in [3.05, 3.63) is 27.5 Å². The summed E-state index contributed by atoms with van der Waals surface area (Å²) in [6.07, 6.45) is 3.88. The predicted molar refractivity (Wildman–Crippen MR) is 88.5 cm³/mol. The molecule has 0 saturated carbocycles. The first-order valence-electron chi connectivity index (χ1n) is 8.20. The standard InChI is InChI=1S/C17H28N2O3/c1-5-8-10-18(11-9-6-2)16(21)15-13(4)12-14(20)19(7-3)17(15)22/h12,22H,5-11H2,1-4H3. The zero-order valence-corrected chi connectivity index (χ0v) is 14.2. The maximum Gasteiger partial charge on any atom is 0.259 e. The van der Waals surface area contributed by atoms with Gasteiger partial charge in [0.15, 0.2) is 0 Å². The third-order valence-electron chi connectivity index (χ3n) is 3.86. The van der Waals surface area contributed by atoms with Crippen molar-refractivity contribution in [1.29, 1.82) is 0 Å². The molecule has 0 fully saturated rings. The zero-order chi connectivity index (χ0) is 16.7. The molecule has 0 saturated heterocycles. The third kappa shape index (κ3) is 4.12. The van der Waals surface area contributed by atoms with Crippen molar-refractivity contribution < 1.29 is 9.90 Å². The molecule has 0 aliphatic heterocycles. The van der Waals surface area contributed by atoms with Crippen LogP contribution >= 0.6 is 0 Å². The lowest BCUT2D eigenvalue weighted by molar-refractivity contribution is 0.0745. The Morgan fingerprint density at radius 2 is 1.73 bits per heavy atom. The fourth-order valence-corrected chi connectivity index (χ4v) is 2.49. The average molecular weight is 308 g/mol. The summed E-state index contributed by atoms with van der Waals surface area (Å²) in [5, 5.41) is 10.3. The zero-order valence-electron chi connectivity index (χ0n) is 14.2. The Bertz CT molecular complexity index is 556. The number of carbonyl (C=O) groups excluding carboxylic acids is 1. The minimum absolute atomic E-state index is 0.181. The Kier molecular flexibility index (Phi) is 7.15. The Balaban J connectivity index is 3.20. The van der Waals surface area contributed by atoms with Crippen molar-refractivity contribution in [1.82, 2.24) is 9.47 Å². The molecule has 0 bridgehead atoms. The highest BCUT2D eigenvalue weighted by molar-refractivity contribution is 5.97. The largest absolute Gasteiger partial charge is 0.494 e. The molecule has 0 aromatic carbocycles. The van der Waals surface area contributed by atoms with Crippen LogP contribution in [0.15, 0.2) is 10.9 Å². The summed E-state index contributed by atoms with van der Waals surface area (Å²) in [7, 11) is 0. The number of hydrogen-bond donors (Lipinski definition) is 1. The van der Waals surface area contributed by atoms with Gasteiger partial charge in [-0.3, -0.25) is 14.2 Å². The number of amides is 1. The van der Waals surface area contributed by atoms with Gasteiger partial charge in [-0.2, -0.15) is 0 Å². The SMILES string of the molecule is CCCCN(CCCC)C(=O)c1c(C)cc(=O)n(CC)c1O. The number of aryl methyl sites for hydroxylation is 1. The summed E-state index contributed by atoms with van der Waals surface area (Å²) >= 11 is 0. The van der Waals surface area contributed by atoms with Crippen LogP contribution in [0.5, 0.6) is 5.88 Å². The van der Waals surface area contributed by atoms with Gasteiger partial charge >= 0.3 is 0 Å². The van der Waals surface area contributed by atoms with E-state index in [1.54, 1.807) is 18.7 Å². The van der Waals surface area contributed by atoms with E-state index < -0.39 is 0 Å². The van der Waals surface area contributed by atoms with E-state index in [0.29, 0.717) is 25.2 Å². The van der Waals surface area contributed by atoms with Gasteiger partial charge in [-0.15, -0.1) is 0 Å². The van der Waals surface area contributed by atoms with Crippen molar-refractivity contribution in [3.63, 3.8) is 0 Å². The van der Waals surface area contributed by atoms with Crippen LogP contribution in [-0.2, 0) is 6.54 Å². The number of pyridine rings is 1. The quantitative estimate of drug-likeness (QED) is 0.803. The molecule has 0 aliphatic rings. The fraction of sp³-hybridized carbons (Fsp3) is 0.647. The van der Waals surface area contributed by atoms with Crippen LogP contribution in [-0.4, -0.2) is 33.6 Å². The molecule has 1 aromatic heterocycles. The third-order valence-corrected chi connectivity index (χ3v) is 3.86. The molecular weight excluding hydrogens is 280 g/mol. The maximum absolute atomic E-state index is 12.8. The molecule has 1 N–H and O–H groups in total. The summed E-state index contributed by atoms with van der Waals surface area (Å²) in [5.74, 6) is -0.394. The first kappa shape index (κ1) is 18.3. The van der Waals surface area contributed by atoms with Gasteiger partial charge in [-0.25, -0.2) is 0 Å². The van der Waals surface area contributed by atoms with Crippen LogP contribution in [0.25, 0.3) is 0 Å². The molecule has 0 aliphatic carbocycles. The number of unbranched alkanes of at least 4 members (excludes halogenated alkanes) is 2. The van der Waals surface area contributed by atoms with Gasteiger partial charge < -0.3 is 10.0 Å². The summed E-state index contributed by atoms with van der Waals surface area (Å²) in [6, 6.07) is 1.42. The summed E-state index contributed by atoms with van der Waals surface area (Å²) in [5.41, 5.74) is 0.520. The Labute approximate surface area is 132 Å². The Morgan fingerprint density at radius 3 is 2.18 bits per heavy atom. The van der Waals surface area contributed by atoms with E-state index >= 15 is 0 Å². The van der Waals surface area contributed by atoms with E-state index in [2.05, 4.69) is 13.8 Å². The van der Waals surface area contributed by atoms with Crippen LogP contribution < -0.4 is 5.56 Å². The van der Waals surface area contributed by atoms with Crippen molar-refractivity contribution >= 4 is 5.91 Å². The monoisotopic (exact) mass is 308 g/mol. The number of aromatic nitrogens is 1. The van der Waals surface area contributed by atoms with Crippen molar-refractivity contribution in [2.24, 2.45) is 0 Å². The van der Waals surface area contributed by atoms with E-state index in [4.69, 9.17) is 0 Å². The highest BCUT2D eigenvalue weighted by Crippen LogP contribution is 2.21. The number of nitrogens with zero attached hydrogens (tertiary/aromatic N) is 2. The van der Waals surface area contributed by atoms with E-state index in [-0.39, 0.29) is 22.9 Å². The van der Waals surface area contributed by atoms with Crippen LogP contribution in [0.2, 0.25) is 0 Å². The highest BCUT2D eigenvalue weighted by atomic mass is 16.3. The van der Waals surface area contributed by atoms with Gasteiger partial charge in [0, 0.05) is 25.7 Å². The molecule has 0 unspecified atom stereocenters. The normalized spacial score (nSPS) is 10.7. The molecular formula is C17H28N2O3. The van der Waals surface area contributed by atoms with Crippen LogP contribution in [0.3, 0.4) is 0 Å². The summed E-state index contributed by atoms with van der Waals surface area (Å²) in [6.45, 7) is 9.35. The number of hydrogen-bond acceptors (Lipinski definition) is 3. The molecule has 1 heterocycles. The molecule has 5 heteroatoms. The second-order valence-corrected chi connectivity index (χ2v) is 5.61. The lowest BCUT2D eigenvalue weighted by atomic mass is 10.1. The minimum Gasteiger partial charge on any atom is -0.494 e. The molecule has 1 aromatic rings. The van der Waals surface area contributed by atoms with Crippen molar-refractivity contribution in [3.8, 4) is 5.88 Å². The van der Waals surface area contributed by atoms with Gasteiger partial charge in [-0.1, -0.05) is 26.7 Å². The molecule has 1 rings (SSSR count). The average Bonchev–Trinajstić information content (AvgIpc) is 2.47. The van der Waals surface area contributed by atoms with Gasteiger partial charge in [-0.05, 0) is 32.3 Å². The Hall–Kier alpha value is -1.78. The topological polar surface area (TPSA) is 62.5 Å². The Morgan fingerprint density at radius 1 is 1.18 bits per heavy atom. The predicted octanol–water partition coefficient (Wildman–Crippen LogP) is 2.92. The van der Waals surface area contributed by atoms with Gasteiger partial charge in [0.1, 0.15) is 5.56 Å². The first-order chi connectivity index (χ1) is 10.5. The van der Waals surface area contributed by atoms with Gasteiger partial charge in [0.2, 0.25) is 5.88 Å². The smallest absolute Gasteiger partial charge is 0.259 e. The number of rotatable bonds is 8. The lowest BCUT2D eigenvalue weighted by Crippen LogP contribution is -2.35. The molecule has 1 amide bonds. The maximum atomic E-state index is 12.8. The molecule has 0 spiro atoms. The van der Waals surface area contributed by atoms with E-state index in [1.807, 2.05) is 0 Å². The molecule has 0 radical (unpaired) electrons. The van der Waals surface area contributed by atoms with Crippen LogP contribution in [0, 0.1) is 6.92 Å². The molecule has 22 heavy (non-hydrogen) atoms. The summed E-state index contributed by atoms with van der Waals surface area (Å²) in [4.78, 5) is 26.5. The van der Waals surface area contributed by atoms with E-state index in [9.17, 15) is 14.7 Å². The van der Waals surface area contributed by atoms with Crippen LogP contribution in [0.4, 0.5) is 0 Å². The molecule has 5 nitrogen and oxygen atoms in total. The van der Waals surface area contributed by atoms with Crippen molar-refractivity contribution in [2.45, 2.75) is 59.9 Å². The number of aromatic hydroxyl groups is 1. The first-order valence-corrected chi connectivity index (χ1v) is 8.20. The fourth-order valence-electron chi connectivity index (χ4n) is 2.49. The molecule has 124 valence electrons. The lowest BCUT2D eigenvalue weighted by Gasteiger charge is -2.24. The van der Waals surface area contributed by atoms with E-state index in [0.717, 1.165) is 25.7 Å². The second-order valence-electron chi connectivity index (χ2n) is 5.61.